The van der Waals surface area contributed by atoms with Gasteiger partial charge in [0.1, 0.15) is 11.2 Å². The first-order valence-electron chi connectivity index (χ1n) is 2.00. The van der Waals surface area contributed by atoms with Crippen molar-refractivity contribution in [3.05, 3.63) is 0 Å². The van der Waals surface area contributed by atoms with E-state index in [4.69, 9.17) is 21.6 Å². The summed E-state index contributed by atoms with van der Waals surface area (Å²) in [7, 11) is -4.31. The minimum absolute atomic E-state index is 0.139. The Morgan fingerprint density at radius 3 is 2.09 bits per heavy atom. The standard InChI is InChI=1S/CH3ClO4S.CH4N2S/c2-1-6-7(3,4)5;2-1(3)4/h1H2,(H,3,4,5);(H4,2,3,4). The molecule has 0 aromatic rings. The summed E-state index contributed by atoms with van der Waals surface area (Å²) in [6.45, 7) is 0. The molecule has 0 saturated carbocycles. The lowest BCUT2D eigenvalue weighted by Gasteiger charge is -1.87. The van der Waals surface area contributed by atoms with Crippen LogP contribution in [-0.2, 0) is 14.6 Å². The molecule has 0 rings (SSSR count). The van der Waals surface area contributed by atoms with Gasteiger partial charge in [-0.05, 0) is 0 Å². The second-order valence-electron chi connectivity index (χ2n) is 1.04. The lowest BCUT2D eigenvalue weighted by molar-refractivity contribution is 0.310. The molecule has 4 N–H and O–H groups in total. The quantitative estimate of drug-likeness (QED) is 0.170. The van der Waals surface area contributed by atoms with Crippen molar-refractivity contribution >= 4 is 39.8 Å². The third-order valence-corrected chi connectivity index (χ3v) is 0.848. The Kier molecular flexibility index (Phi) is 8.23. The van der Waals surface area contributed by atoms with Crippen LogP contribution < -0.4 is 5.73 Å². The zero-order valence-electron chi connectivity index (χ0n) is 5.19. The summed E-state index contributed by atoms with van der Waals surface area (Å²) in [5, 5.41) is 6.00. The van der Waals surface area contributed by atoms with Crippen molar-refractivity contribution in [2.75, 3.05) is 6.07 Å². The topological polar surface area (TPSA) is 113 Å². The summed E-state index contributed by atoms with van der Waals surface area (Å²) < 4.78 is 30.2. The minimum atomic E-state index is -4.31. The summed E-state index contributed by atoms with van der Waals surface area (Å²) in [4.78, 5) is 0. The van der Waals surface area contributed by atoms with Crippen molar-refractivity contribution in [1.29, 1.82) is 5.41 Å². The maximum atomic E-state index is 9.48. The molecule has 0 fully saturated rings. The van der Waals surface area contributed by atoms with E-state index in [0.717, 1.165) is 0 Å². The van der Waals surface area contributed by atoms with Gasteiger partial charge in [0.25, 0.3) is 0 Å². The first-order chi connectivity index (χ1) is 4.79. The van der Waals surface area contributed by atoms with Gasteiger partial charge in [-0.15, -0.1) is 12.6 Å². The van der Waals surface area contributed by atoms with Gasteiger partial charge in [0.05, 0.1) is 0 Å². The lowest BCUT2D eigenvalue weighted by Crippen LogP contribution is -2.00. The normalized spacial score (nSPS) is 9.73. The largest absolute Gasteiger partial charge is 0.398 e. The van der Waals surface area contributed by atoms with Gasteiger partial charge in [-0.1, -0.05) is 11.6 Å². The molecule has 0 heterocycles. The van der Waals surface area contributed by atoms with Crippen LogP contribution in [-0.4, -0.2) is 24.2 Å². The Bertz CT molecular complexity index is 198. The second-order valence-corrected chi connectivity index (χ2v) is 2.83. The highest BCUT2D eigenvalue weighted by molar-refractivity contribution is 7.96. The van der Waals surface area contributed by atoms with Gasteiger partial charge in [-0.2, -0.15) is 8.42 Å². The molecular formula is C2H7ClN2O4S2. The van der Waals surface area contributed by atoms with Gasteiger partial charge in [0.2, 0.25) is 0 Å². The number of hydrogen-bond donors (Lipinski definition) is 4. The number of halogens is 1. The number of hydrogen-bond acceptors (Lipinski definition) is 4. The van der Waals surface area contributed by atoms with Crippen LogP contribution >= 0.6 is 24.2 Å². The fourth-order valence-corrected chi connectivity index (χ4v) is 0.507. The molecule has 0 bridgehead atoms. The van der Waals surface area contributed by atoms with E-state index in [2.05, 4.69) is 22.5 Å². The molecule has 0 unspecified atom stereocenters. The molecular weight excluding hydrogens is 216 g/mol. The summed E-state index contributed by atoms with van der Waals surface area (Å²) in [5.41, 5.74) is 4.56. The molecule has 0 aliphatic heterocycles. The molecule has 0 aliphatic rings. The fraction of sp³-hybridized carbons (Fsp3) is 0.500. The Morgan fingerprint density at radius 2 is 2.09 bits per heavy atom. The van der Waals surface area contributed by atoms with Crippen LogP contribution in [0.1, 0.15) is 0 Å². The van der Waals surface area contributed by atoms with Crippen LogP contribution in [0.25, 0.3) is 0 Å². The van der Waals surface area contributed by atoms with E-state index in [1.54, 1.807) is 0 Å². The molecule has 0 aromatic carbocycles. The van der Waals surface area contributed by atoms with Crippen molar-refractivity contribution in [3.8, 4) is 0 Å². The zero-order valence-corrected chi connectivity index (χ0v) is 7.66. The maximum Gasteiger partial charge on any atom is 0.398 e. The van der Waals surface area contributed by atoms with Crippen molar-refractivity contribution < 1.29 is 17.2 Å². The number of amidine groups is 1. The van der Waals surface area contributed by atoms with Crippen LogP contribution in [0.2, 0.25) is 0 Å². The molecule has 0 spiro atoms. The zero-order chi connectivity index (χ0) is 9.49. The first-order valence-corrected chi connectivity index (χ1v) is 4.35. The predicted molar refractivity (Wildman–Crippen MR) is 44.3 cm³/mol. The molecule has 0 amide bonds. The van der Waals surface area contributed by atoms with Gasteiger partial charge in [-0.25, -0.2) is 4.18 Å². The molecule has 6 nitrogen and oxygen atoms in total. The van der Waals surface area contributed by atoms with E-state index < -0.39 is 16.5 Å². The summed E-state index contributed by atoms with van der Waals surface area (Å²) in [5.74, 6) is 0. The molecule has 0 aromatic heterocycles. The highest BCUT2D eigenvalue weighted by Gasteiger charge is 1.99. The number of thiol groups is 1. The van der Waals surface area contributed by atoms with Gasteiger partial charge >= 0.3 is 10.4 Å². The Balaban J connectivity index is 0. The molecule has 9 heteroatoms. The van der Waals surface area contributed by atoms with E-state index in [9.17, 15) is 8.42 Å². The number of rotatable bonds is 2. The van der Waals surface area contributed by atoms with Crippen molar-refractivity contribution in [1.82, 2.24) is 0 Å². The molecule has 0 radical (unpaired) electrons. The van der Waals surface area contributed by atoms with Crippen molar-refractivity contribution in [3.63, 3.8) is 0 Å². The lowest BCUT2D eigenvalue weighted by atomic mass is 11.4. The Hall–Kier alpha value is -0.0200. The van der Waals surface area contributed by atoms with E-state index in [-0.39, 0.29) is 5.17 Å². The number of nitrogens with two attached hydrogens (primary N) is 1. The van der Waals surface area contributed by atoms with Crippen molar-refractivity contribution in [2.45, 2.75) is 0 Å². The van der Waals surface area contributed by atoms with Gasteiger partial charge in [0, 0.05) is 0 Å². The van der Waals surface area contributed by atoms with E-state index in [1.165, 1.54) is 0 Å². The monoisotopic (exact) mass is 222 g/mol. The smallest absolute Gasteiger partial charge is 0.379 e. The SMILES string of the molecule is N=C(N)S.O=S(=O)(O)OCCl. The summed E-state index contributed by atoms with van der Waals surface area (Å²) >= 11 is 8.05. The fourth-order valence-electron chi connectivity index (χ4n) is 0.0563. The third-order valence-electron chi connectivity index (χ3n) is 0.193. The average Bonchev–Trinajstić information content (AvgIpc) is 1.58. The van der Waals surface area contributed by atoms with Crippen LogP contribution in [0, 0.1) is 5.41 Å². The average molecular weight is 223 g/mol. The highest BCUT2D eigenvalue weighted by atomic mass is 35.5. The van der Waals surface area contributed by atoms with E-state index >= 15 is 0 Å². The summed E-state index contributed by atoms with van der Waals surface area (Å²) in [6, 6.07) is -0.557. The Labute approximate surface area is 74.5 Å². The third kappa shape index (κ3) is 40.1. The van der Waals surface area contributed by atoms with Crippen LogP contribution in [0.4, 0.5) is 0 Å². The highest BCUT2D eigenvalue weighted by Crippen LogP contribution is 1.85. The van der Waals surface area contributed by atoms with E-state index in [0.29, 0.717) is 0 Å². The van der Waals surface area contributed by atoms with Crippen molar-refractivity contribution in [2.24, 2.45) is 5.73 Å². The molecule has 11 heavy (non-hydrogen) atoms. The Morgan fingerprint density at radius 1 is 1.82 bits per heavy atom. The molecule has 0 atom stereocenters. The van der Waals surface area contributed by atoms with E-state index in [1.807, 2.05) is 0 Å². The second kappa shape index (κ2) is 6.68. The van der Waals surface area contributed by atoms with Crippen LogP contribution in [0.3, 0.4) is 0 Å². The summed E-state index contributed by atoms with van der Waals surface area (Å²) in [6.07, 6.45) is 0. The number of nitrogens with one attached hydrogen (secondary N) is 1. The number of alkyl halides is 1. The van der Waals surface area contributed by atoms with Gasteiger partial charge < -0.3 is 5.73 Å². The maximum absolute atomic E-state index is 9.48. The molecule has 68 valence electrons. The van der Waals surface area contributed by atoms with Gasteiger partial charge in [-0.3, -0.25) is 9.96 Å². The predicted octanol–water partition coefficient (Wildman–Crippen LogP) is -0.188. The van der Waals surface area contributed by atoms with Crippen LogP contribution in [0.5, 0.6) is 0 Å². The molecule has 0 saturated heterocycles. The van der Waals surface area contributed by atoms with Gasteiger partial charge in [0.15, 0.2) is 0 Å². The first kappa shape index (κ1) is 13.6. The minimum Gasteiger partial charge on any atom is -0.379 e. The van der Waals surface area contributed by atoms with Crippen LogP contribution in [0.15, 0.2) is 0 Å². The molecule has 0 aliphatic carbocycles.